The number of carbonyl (C=O) groups excluding carboxylic acids is 2. The lowest BCUT2D eigenvalue weighted by Crippen LogP contribution is -2.35. The summed E-state index contributed by atoms with van der Waals surface area (Å²) < 4.78 is 10.5. The Bertz CT molecular complexity index is 489. The molecule has 18 heavy (non-hydrogen) atoms. The molecule has 1 fully saturated rings. The minimum absolute atomic E-state index is 0.216. The van der Waals surface area contributed by atoms with Gasteiger partial charge >= 0.3 is 5.97 Å². The number of benzene rings is 1. The van der Waals surface area contributed by atoms with Crippen LogP contribution in [0.2, 0.25) is 0 Å². The average Bonchev–Trinajstić information content (AvgIpc) is 2.75. The van der Waals surface area contributed by atoms with Crippen LogP contribution >= 0.6 is 15.9 Å². The van der Waals surface area contributed by atoms with Crippen LogP contribution in [0.4, 0.5) is 0 Å². The summed E-state index contributed by atoms with van der Waals surface area (Å²) in [5, 5.41) is 2.75. The van der Waals surface area contributed by atoms with Gasteiger partial charge in [0.1, 0.15) is 12.4 Å². The summed E-state index contributed by atoms with van der Waals surface area (Å²) in [6.07, 6.45) is 0.216. The van der Waals surface area contributed by atoms with Gasteiger partial charge in [-0.15, -0.1) is 0 Å². The highest BCUT2D eigenvalue weighted by Crippen LogP contribution is 2.22. The molecule has 0 spiro atoms. The molecule has 96 valence electrons. The summed E-state index contributed by atoms with van der Waals surface area (Å²) in [5.41, 5.74) is 0.466. The van der Waals surface area contributed by atoms with Crippen LogP contribution in [-0.4, -0.2) is 31.6 Å². The Kier molecular flexibility index (Phi) is 3.86. The number of amides is 1. The first kappa shape index (κ1) is 12.9. The van der Waals surface area contributed by atoms with E-state index in [-0.39, 0.29) is 30.9 Å². The molecule has 0 bridgehead atoms. The van der Waals surface area contributed by atoms with Gasteiger partial charge < -0.3 is 14.8 Å². The minimum Gasteiger partial charge on any atom is -0.497 e. The molecule has 0 saturated carbocycles. The van der Waals surface area contributed by atoms with Crippen LogP contribution in [0.15, 0.2) is 22.7 Å². The first-order chi connectivity index (χ1) is 8.60. The Morgan fingerprint density at radius 2 is 2.33 bits per heavy atom. The fourth-order valence-corrected chi connectivity index (χ4v) is 2.10. The maximum Gasteiger partial charge on any atom is 0.308 e. The number of methoxy groups -OCH3 is 1. The van der Waals surface area contributed by atoms with Gasteiger partial charge in [0.25, 0.3) is 5.91 Å². The van der Waals surface area contributed by atoms with Crippen molar-refractivity contribution >= 4 is 27.8 Å². The number of hydrogen-bond acceptors (Lipinski definition) is 4. The van der Waals surface area contributed by atoms with E-state index in [4.69, 9.17) is 9.47 Å². The molecular weight excluding hydrogens is 302 g/mol. The summed E-state index contributed by atoms with van der Waals surface area (Å²) in [6, 6.07) is 4.87. The molecule has 1 atom stereocenters. The van der Waals surface area contributed by atoms with E-state index in [1.165, 1.54) is 7.11 Å². The fraction of sp³-hybridized carbons (Fsp3) is 0.333. The van der Waals surface area contributed by atoms with Crippen molar-refractivity contribution in [2.75, 3.05) is 13.7 Å². The van der Waals surface area contributed by atoms with Gasteiger partial charge in [-0.25, -0.2) is 0 Å². The molecule has 1 heterocycles. The number of halogens is 1. The monoisotopic (exact) mass is 313 g/mol. The highest BCUT2D eigenvalue weighted by molar-refractivity contribution is 9.10. The molecule has 0 unspecified atom stereocenters. The van der Waals surface area contributed by atoms with Gasteiger partial charge in [-0.3, -0.25) is 9.59 Å². The summed E-state index contributed by atoms with van der Waals surface area (Å²) >= 11 is 3.31. The van der Waals surface area contributed by atoms with Crippen molar-refractivity contribution in [3.63, 3.8) is 0 Å². The normalized spacial score (nSPS) is 18.3. The Labute approximate surface area is 113 Å². The number of rotatable bonds is 3. The molecule has 1 amide bonds. The summed E-state index contributed by atoms with van der Waals surface area (Å²) in [6.45, 7) is 0.228. The van der Waals surface area contributed by atoms with Crippen molar-refractivity contribution < 1.29 is 19.1 Å². The lowest BCUT2D eigenvalue weighted by molar-refractivity contribution is -0.137. The second-order valence-electron chi connectivity index (χ2n) is 3.90. The van der Waals surface area contributed by atoms with Crippen molar-refractivity contribution in [1.82, 2.24) is 5.32 Å². The van der Waals surface area contributed by atoms with E-state index in [0.29, 0.717) is 15.8 Å². The van der Waals surface area contributed by atoms with Gasteiger partial charge in [0.2, 0.25) is 0 Å². The van der Waals surface area contributed by atoms with E-state index < -0.39 is 0 Å². The van der Waals surface area contributed by atoms with Crippen LogP contribution in [0.25, 0.3) is 0 Å². The molecule has 6 heteroatoms. The lowest BCUT2D eigenvalue weighted by Gasteiger charge is -2.11. The average molecular weight is 314 g/mol. The number of nitrogens with one attached hydrogen (secondary N) is 1. The maximum atomic E-state index is 12.0. The van der Waals surface area contributed by atoms with Crippen LogP contribution in [0, 0.1) is 0 Å². The molecule has 1 N–H and O–H groups in total. The Hall–Kier alpha value is -1.56. The molecule has 5 nitrogen and oxygen atoms in total. The molecule has 1 aliphatic rings. The van der Waals surface area contributed by atoms with E-state index >= 15 is 0 Å². The largest absolute Gasteiger partial charge is 0.497 e. The number of carbonyl (C=O) groups is 2. The third kappa shape index (κ3) is 2.81. The molecule has 0 aromatic heterocycles. The van der Waals surface area contributed by atoms with E-state index in [2.05, 4.69) is 21.2 Å². The number of ether oxygens (including phenoxy) is 2. The Balaban J connectivity index is 2.10. The zero-order valence-corrected chi connectivity index (χ0v) is 11.3. The van der Waals surface area contributed by atoms with Gasteiger partial charge in [0, 0.05) is 4.47 Å². The SMILES string of the molecule is COc1ccc(Br)c(C(=O)N[C@@H]2COC(=O)C2)c1. The number of esters is 1. The van der Waals surface area contributed by atoms with Crippen molar-refractivity contribution in [2.24, 2.45) is 0 Å². The van der Waals surface area contributed by atoms with Gasteiger partial charge in [-0.1, -0.05) is 0 Å². The Morgan fingerprint density at radius 3 is 2.94 bits per heavy atom. The first-order valence-corrected chi connectivity index (χ1v) is 6.19. The zero-order chi connectivity index (χ0) is 13.1. The van der Waals surface area contributed by atoms with Gasteiger partial charge in [-0.2, -0.15) is 0 Å². The van der Waals surface area contributed by atoms with E-state index in [1.54, 1.807) is 18.2 Å². The van der Waals surface area contributed by atoms with Crippen LogP contribution in [0.1, 0.15) is 16.8 Å². The van der Waals surface area contributed by atoms with E-state index in [9.17, 15) is 9.59 Å². The standard InChI is InChI=1S/C12H12BrNO4/c1-17-8-2-3-10(13)9(5-8)12(16)14-7-4-11(15)18-6-7/h2-3,5,7H,4,6H2,1H3,(H,14,16)/t7-/m0/s1. The maximum absolute atomic E-state index is 12.0. The molecule has 1 aliphatic heterocycles. The first-order valence-electron chi connectivity index (χ1n) is 5.40. The number of hydrogen-bond donors (Lipinski definition) is 1. The molecule has 1 aromatic rings. The highest BCUT2D eigenvalue weighted by Gasteiger charge is 2.26. The smallest absolute Gasteiger partial charge is 0.308 e. The molecule has 0 aliphatic carbocycles. The Morgan fingerprint density at radius 1 is 1.56 bits per heavy atom. The molecule has 1 aromatic carbocycles. The molecule has 2 rings (SSSR count). The zero-order valence-electron chi connectivity index (χ0n) is 9.73. The van der Waals surface area contributed by atoms with E-state index in [1.807, 2.05) is 0 Å². The van der Waals surface area contributed by atoms with Gasteiger partial charge in [0.15, 0.2) is 0 Å². The van der Waals surface area contributed by atoms with Crippen LogP contribution in [0.3, 0.4) is 0 Å². The third-order valence-corrected chi connectivity index (χ3v) is 3.30. The predicted octanol–water partition coefficient (Wildman–Crippen LogP) is 1.50. The molecular formula is C12H12BrNO4. The van der Waals surface area contributed by atoms with Crippen LogP contribution in [0.5, 0.6) is 5.75 Å². The highest BCUT2D eigenvalue weighted by atomic mass is 79.9. The summed E-state index contributed by atoms with van der Waals surface area (Å²) in [4.78, 5) is 23.0. The van der Waals surface area contributed by atoms with Crippen LogP contribution in [-0.2, 0) is 9.53 Å². The van der Waals surface area contributed by atoms with Crippen molar-refractivity contribution in [3.8, 4) is 5.75 Å². The lowest BCUT2D eigenvalue weighted by atomic mass is 10.1. The predicted molar refractivity (Wildman–Crippen MR) is 67.5 cm³/mol. The van der Waals surface area contributed by atoms with Crippen molar-refractivity contribution in [1.29, 1.82) is 0 Å². The topological polar surface area (TPSA) is 64.6 Å². The fourth-order valence-electron chi connectivity index (χ4n) is 1.67. The molecule has 1 saturated heterocycles. The molecule has 0 radical (unpaired) electrons. The summed E-state index contributed by atoms with van der Waals surface area (Å²) in [7, 11) is 1.54. The minimum atomic E-state index is -0.287. The van der Waals surface area contributed by atoms with E-state index in [0.717, 1.165) is 0 Å². The quantitative estimate of drug-likeness (QED) is 0.859. The second kappa shape index (κ2) is 5.39. The van der Waals surface area contributed by atoms with Crippen molar-refractivity contribution in [2.45, 2.75) is 12.5 Å². The number of cyclic esters (lactones) is 1. The van der Waals surface area contributed by atoms with Gasteiger partial charge in [-0.05, 0) is 34.1 Å². The van der Waals surface area contributed by atoms with Crippen LogP contribution < -0.4 is 10.1 Å². The second-order valence-corrected chi connectivity index (χ2v) is 4.76. The summed E-state index contributed by atoms with van der Waals surface area (Å²) in [5.74, 6) is 0.0520. The van der Waals surface area contributed by atoms with Crippen molar-refractivity contribution in [3.05, 3.63) is 28.2 Å². The van der Waals surface area contributed by atoms with Gasteiger partial charge in [0.05, 0.1) is 25.1 Å². The third-order valence-electron chi connectivity index (χ3n) is 2.61.